The summed E-state index contributed by atoms with van der Waals surface area (Å²) in [5, 5.41) is 12.7. The highest BCUT2D eigenvalue weighted by molar-refractivity contribution is 7.98. The molecule has 4 nitrogen and oxygen atoms in total. The molecule has 4 N–H and O–H groups in total. The van der Waals surface area contributed by atoms with Crippen molar-refractivity contribution < 1.29 is 9.90 Å². The van der Waals surface area contributed by atoms with Gasteiger partial charge in [-0.15, -0.1) is 0 Å². The third-order valence-electron chi connectivity index (χ3n) is 2.86. The average molecular weight is 248 g/mol. The second-order valence-electron chi connectivity index (χ2n) is 4.73. The maximum atomic E-state index is 11.9. The van der Waals surface area contributed by atoms with Crippen LogP contribution in [0.2, 0.25) is 0 Å². The van der Waals surface area contributed by atoms with Gasteiger partial charge in [0.05, 0.1) is 11.0 Å². The van der Waals surface area contributed by atoms with E-state index in [1.54, 1.807) is 18.7 Å². The van der Waals surface area contributed by atoms with Crippen LogP contribution in [-0.2, 0) is 4.79 Å². The van der Waals surface area contributed by atoms with Crippen LogP contribution in [-0.4, -0.2) is 41.7 Å². The fraction of sp³-hybridized carbons (Fsp3) is 0.909. The van der Waals surface area contributed by atoms with E-state index in [2.05, 4.69) is 5.32 Å². The molecule has 0 bridgehead atoms. The van der Waals surface area contributed by atoms with Crippen LogP contribution in [0.5, 0.6) is 0 Å². The second-order valence-corrected chi connectivity index (χ2v) is 5.60. The van der Waals surface area contributed by atoms with Gasteiger partial charge in [-0.25, -0.2) is 0 Å². The van der Waals surface area contributed by atoms with Crippen molar-refractivity contribution in [2.45, 2.75) is 32.8 Å². The van der Waals surface area contributed by atoms with E-state index in [4.69, 9.17) is 5.73 Å². The molecule has 0 aliphatic carbocycles. The predicted octanol–water partition coefficient (Wildman–Crippen LogP) is 0.592. The zero-order valence-electron chi connectivity index (χ0n) is 10.7. The van der Waals surface area contributed by atoms with Crippen LogP contribution in [0.1, 0.15) is 27.2 Å². The molecule has 16 heavy (non-hydrogen) atoms. The zero-order valence-corrected chi connectivity index (χ0v) is 11.5. The lowest BCUT2D eigenvalue weighted by atomic mass is 9.86. The quantitative estimate of drug-likeness (QED) is 0.616. The first-order valence-electron chi connectivity index (χ1n) is 5.51. The molecule has 96 valence electrons. The third kappa shape index (κ3) is 4.72. The molecule has 2 unspecified atom stereocenters. The molecule has 0 saturated carbocycles. The van der Waals surface area contributed by atoms with Gasteiger partial charge >= 0.3 is 0 Å². The Morgan fingerprint density at radius 1 is 1.50 bits per heavy atom. The Bertz CT molecular complexity index is 228. The Labute approximate surface area is 102 Å². The highest BCUT2D eigenvalue weighted by Gasteiger charge is 2.31. The molecule has 0 aromatic rings. The Balaban J connectivity index is 4.26. The molecular weight excluding hydrogens is 224 g/mol. The number of nitrogens with two attached hydrogens (primary N) is 1. The smallest absolute Gasteiger partial charge is 0.227 e. The maximum Gasteiger partial charge on any atom is 0.227 e. The average Bonchev–Trinajstić information content (AvgIpc) is 2.24. The van der Waals surface area contributed by atoms with Gasteiger partial charge in [-0.05, 0) is 26.5 Å². The van der Waals surface area contributed by atoms with E-state index in [9.17, 15) is 9.90 Å². The second kappa shape index (κ2) is 6.47. The molecule has 0 aliphatic heterocycles. The van der Waals surface area contributed by atoms with Crippen LogP contribution in [0, 0.1) is 5.41 Å². The number of carbonyl (C=O) groups is 1. The third-order valence-corrected chi connectivity index (χ3v) is 3.77. The standard InChI is InChI=1S/C11H24N2O2S/c1-5-10(2,6-12)9(14)13-7-11(3,15)8-16-4/h15H,5-8,12H2,1-4H3,(H,13,14). The minimum atomic E-state index is -0.863. The fourth-order valence-corrected chi connectivity index (χ4v) is 1.97. The van der Waals surface area contributed by atoms with Gasteiger partial charge in [0, 0.05) is 18.8 Å². The van der Waals surface area contributed by atoms with Gasteiger partial charge in [0.15, 0.2) is 0 Å². The number of hydrogen-bond donors (Lipinski definition) is 3. The Morgan fingerprint density at radius 2 is 2.06 bits per heavy atom. The molecular formula is C11H24N2O2S. The molecule has 0 fully saturated rings. The lowest BCUT2D eigenvalue weighted by Gasteiger charge is -2.28. The van der Waals surface area contributed by atoms with Crippen molar-refractivity contribution >= 4 is 17.7 Å². The van der Waals surface area contributed by atoms with E-state index < -0.39 is 11.0 Å². The van der Waals surface area contributed by atoms with Gasteiger partial charge in [-0.3, -0.25) is 4.79 Å². The fourth-order valence-electron chi connectivity index (χ4n) is 1.24. The molecule has 0 aromatic heterocycles. The van der Waals surface area contributed by atoms with Crippen LogP contribution in [0.15, 0.2) is 0 Å². The van der Waals surface area contributed by atoms with Gasteiger partial charge in [-0.2, -0.15) is 11.8 Å². The Hall–Kier alpha value is -0.260. The van der Waals surface area contributed by atoms with E-state index in [1.807, 2.05) is 20.1 Å². The van der Waals surface area contributed by atoms with Crippen molar-refractivity contribution in [2.75, 3.05) is 25.1 Å². The summed E-state index contributed by atoms with van der Waals surface area (Å²) in [5.41, 5.74) is 4.19. The van der Waals surface area contributed by atoms with Crippen LogP contribution in [0.3, 0.4) is 0 Å². The number of amides is 1. The number of nitrogens with one attached hydrogen (secondary N) is 1. The molecule has 5 heteroatoms. The molecule has 0 aromatic carbocycles. The summed E-state index contributed by atoms with van der Waals surface area (Å²) in [6.07, 6.45) is 2.62. The van der Waals surface area contributed by atoms with Gasteiger partial charge < -0.3 is 16.2 Å². The predicted molar refractivity (Wildman–Crippen MR) is 69.5 cm³/mol. The van der Waals surface area contributed by atoms with Crippen molar-refractivity contribution in [3.05, 3.63) is 0 Å². The minimum absolute atomic E-state index is 0.0844. The number of thioether (sulfide) groups is 1. The Kier molecular flexibility index (Phi) is 6.36. The van der Waals surface area contributed by atoms with Crippen LogP contribution in [0.25, 0.3) is 0 Å². The summed E-state index contributed by atoms with van der Waals surface area (Å²) in [6.45, 7) is 6.08. The van der Waals surface area contributed by atoms with E-state index in [0.29, 0.717) is 18.7 Å². The van der Waals surface area contributed by atoms with Crippen molar-refractivity contribution in [3.8, 4) is 0 Å². The van der Waals surface area contributed by atoms with Crippen molar-refractivity contribution in [1.29, 1.82) is 0 Å². The Morgan fingerprint density at radius 3 is 2.44 bits per heavy atom. The highest BCUT2D eigenvalue weighted by atomic mass is 32.2. The number of aliphatic hydroxyl groups is 1. The zero-order chi connectivity index (χ0) is 12.8. The first kappa shape index (κ1) is 15.7. The molecule has 1 amide bonds. The van der Waals surface area contributed by atoms with Gasteiger partial charge in [0.1, 0.15) is 0 Å². The first-order chi connectivity index (χ1) is 7.31. The highest BCUT2D eigenvalue weighted by Crippen LogP contribution is 2.19. The summed E-state index contributed by atoms with van der Waals surface area (Å²) in [5.74, 6) is 0.512. The van der Waals surface area contributed by atoms with Crippen molar-refractivity contribution in [2.24, 2.45) is 11.1 Å². The number of rotatable bonds is 7. The van der Waals surface area contributed by atoms with Crippen molar-refractivity contribution in [3.63, 3.8) is 0 Å². The summed E-state index contributed by atoms with van der Waals surface area (Å²) in [6, 6.07) is 0. The van der Waals surface area contributed by atoms with E-state index in [0.717, 1.165) is 0 Å². The lowest BCUT2D eigenvalue weighted by molar-refractivity contribution is -0.130. The van der Waals surface area contributed by atoms with Gasteiger partial charge in [-0.1, -0.05) is 6.92 Å². The van der Waals surface area contributed by atoms with Crippen LogP contribution >= 0.6 is 11.8 Å². The maximum absolute atomic E-state index is 11.9. The van der Waals surface area contributed by atoms with Crippen molar-refractivity contribution in [1.82, 2.24) is 5.32 Å². The first-order valence-corrected chi connectivity index (χ1v) is 6.90. The monoisotopic (exact) mass is 248 g/mol. The molecule has 0 saturated heterocycles. The molecule has 0 rings (SSSR count). The number of carbonyl (C=O) groups excluding carboxylic acids is 1. The van der Waals surface area contributed by atoms with Crippen LogP contribution < -0.4 is 11.1 Å². The summed E-state index contributed by atoms with van der Waals surface area (Å²) in [7, 11) is 0. The summed E-state index contributed by atoms with van der Waals surface area (Å²) >= 11 is 1.55. The summed E-state index contributed by atoms with van der Waals surface area (Å²) in [4.78, 5) is 11.9. The topological polar surface area (TPSA) is 75.4 Å². The molecule has 0 radical (unpaired) electrons. The molecule has 0 aliphatic rings. The SMILES string of the molecule is CCC(C)(CN)C(=O)NCC(C)(O)CSC. The lowest BCUT2D eigenvalue weighted by Crippen LogP contribution is -2.49. The summed E-state index contributed by atoms with van der Waals surface area (Å²) < 4.78 is 0. The van der Waals surface area contributed by atoms with Gasteiger partial charge in [0.2, 0.25) is 5.91 Å². The largest absolute Gasteiger partial charge is 0.387 e. The molecule has 0 spiro atoms. The minimum Gasteiger partial charge on any atom is -0.387 e. The molecule has 0 heterocycles. The molecule has 2 atom stereocenters. The number of hydrogen-bond acceptors (Lipinski definition) is 4. The van der Waals surface area contributed by atoms with E-state index in [-0.39, 0.29) is 12.5 Å². The van der Waals surface area contributed by atoms with E-state index >= 15 is 0 Å². The van der Waals surface area contributed by atoms with Gasteiger partial charge in [0.25, 0.3) is 0 Å². The van der Waals surface area contributed by atoms with Crippen LogP contribution in [0.4, 0.5) is 0 Å². The van der Waals surface area contributed by atoms with E-state index in [1.165, 1.54) is 0 Å². The normalized spacial score (nSPS) is 18.6.